The van der Waals surface area contributed by atoms with E-state index in [0.29, 0.717) is 11.6 Å². The average Bonchev–Trinajstić information content (AvgIpc) is 2.35. The molecule has 1 heterocycles. The van der Waals surface area contributed by atoms with Crippen LogP contribution in [0.3, 0.4) is 0 Å². The first-order valence-corrected chi connectivity index (χ1v) is 4.10. The van der Waals surface area contributed by atoms with E-state index >= 15 is 0 Å². The van der Waals surface area contributed by atoms with Crippen LogP contribution >= 0.6 is 11.6 Å². The Balaban J connectivity index is 0.000000226. The first-order valence-electron chi connectivity index (χ1n) is 3.72. The summed E-state index contributed by atoms with van der Waals surface area (Å²) in [7, 11) is 0. The molecule has 0 amide bonds. The van der Waals surface area contributed by atoms with Crippen LogP contribution in [0.25, 0.3) is 0 Å². The molecule has 74 valence electrons. The molecule has 1 aromatic rings. The van der Waals surface area contributed by atoms with E-state index in [1.807, 2.05) is 0 Å². The van der Waals surface area contributed by atoms with Gasteiger partial charge in [0.15, 0.2) is 5.88 Å². The van der Waals surface area contributed by atoms with Crippen LogP contribution in [-0.2, 0) is 9.53 Å². The van der Waals surface area contributed by atoms with Gasteiger partial charge in [-0.25, -0.2) is 0 Å². The van der Waals surface area contributed by atoms with Gasteiger partial charge in [-0.3, -0.25) is 4.79 Å². The highest BCUT2D eigenvalue weighted by Crippen LogP contribution is 2.12. The van der Waals surface area contributed by atoms with Crippen molar-refractivity contribution in [3.05, 3.63) is 17.3 Å². The average molecular weight is 206 g/mol. The monoisotopic (exact) mass is 205 g/mol. The molecule has 1 aromatic heterocycles. The van der Waals surface area contributed by atoms with Crippen molar-refractivity contribution in [3.8, 4) is 5.88 Å². The van der Waals surface area contributed by atoms with Gasteiger partial charge < -0.3 is 14.8 Å². The Morgan fingerprint density at radius 3 is 2.46 bits per heavy atom. The predicted molar refractivity (Wildman–Crippen MR) is 49.8 cm³/mol. The maximum absolute atomic E-state index is 9.82. The van der Waals surface area contributed by atoms with E-state index in [1.54, 1.807) is 6.92 Å². The molecule has 0 atom stereocenters. The number of aromatic amines is 1. The third kappa shape index (κ3) is 7.21. The summed E-state index contributed by atoms with van der Waals surface area (Å²) in [6, 6.07) is 1.43. The number of aromatic hydroxyl groups is 1. The fraction of sp³-hybridized carbons (Fsp3) is 0.375. The van der Waals surface area contributed by atoms with Crippen molar-refractivity contribution in [2.75, 3.05) is 6.61 Å². The Kier molecular flexibility index (Phi) is 5.80. The highest BCUT2D eigenvalue weighted by Gasteiger charge is 1.87. The lowest BCUT2D eigenvalue weighted by Crippen LogP contribution is -1.95. The summed E-state index contributed by atoms with van der Waals surface area (Å²) in [5.41, 5.74) is 0. The lowest BCUT2D eigenvalue weighted by molar-refractivity contribution is -0.140. The number of esters is 1. The van der Waals surface area contributed by atoms with E-state index in [1.165, 1.54) is 19.2 Å². The van der Waals surface area contributed by atoms with E-state index in [9.17, 15) is 4.79 Å². The van der Waals surface area contributed by atoms with Gasteiger partial charge in [0.1, 0.15) is 0 Å². The number of ether oxygens (including phenoxy) is 1. The normalized spacial score (nSPS) is 8.54. The van der Waals surface area contributed by atoms with Crippen molar-refractivity contribution in [1.82, 2.24) is 4.98 Å². The van der Waals surface area contributed by atoms with Crippen LogP contribution in [-0.4, -0.2) is 22.7 Å². The fourth-order valence-electron chi connectivity index (χ4n) is 0.560. The van der Waals surface area contributed by atoms with Gasteiger partial charge in [-0.2, -0.15) is 0 Å². The molecule has 0 aromatic carbocycles. The third-order valence-electron chi connectivity index (χ3n) is 0.980. The minimum Gasteiger partial charge on any atom is -0.495 e. The number of halogens is 1. The molecule has 0 aliphatic heterocycles. The molecule has 4 nitrogen and oxygen atoms in total. The molecule has 1 rings (SSSR count). The number of nitrogens with one attached hydrogen (secondary N) is 1. The highest BCUT2D eigenvalue weighted by molar-refractivity contribution is 6.30. The molecular formula is C8H12ClNO3. The van der Waals surface area contributed by atoms with Crippen LogP contribution in [0.2, 0.25) is 5.02 Å². The summed E-state index contributed by atoms with van der Waals surface area (Å²) in [5.74, 6) is -0.109. The molecule has 0 unspecified atom stereocenters. The molecule has 0 aliphatic rings. The van der Waals surface area contributed by atoms with Gasteiger partial charge in [0.05, 0.1) is 11.6 Å². The maximum Gasteiger partial charge on any atom is 0.302 e. The summed E-state index contributed by atoms with van der Waals surface area (Å²) < 4.78 is 4.40. The third-order valence-corrected chi connectivity index (χ3v) is 1.20. The zero-order chi connectivity index (χ0) is 10.3. The van der Waals surface area contributed by atoms with Crippen molar-refractivity contribution in [2.45, 2.75) is 13.8 Å². The van der Waals surface area contributed by atoms with Crippen LogP contribution in [0.1, 0.15) is 13.8 Å². The predicted octanol–water partition coefficient (Wildman–Crippen LogP) is 1.94. The van der Waals surface area contributed by atoms with Gasteiger partial charge in [0, 0.05) is 19.2 Å². The Bertz CT molecular complexity index is 243. The first kappa shape index (κ1) is 11.8. The van der Waals surface area contributed by atoms with Crippen molar-refractivity contribution in [1.29, 1.82) is 0 Å². The zero-order valence-corrected chi connectivity index (χ0v) is 8.26. The fourth-order valence-corrected chi connectivity index (χ4v) is 0.718. The standard InChI is InChI=1S/C4H4ClNO.C4H8O2/c5-3-1-4(7)6-2-3;1-3-6-4(2)5/h1-2,6-7H;3H2,1-2H3. The molecule has 0 spiro atoms. The summed E-state index contributed by atoms with van der Waals surface area (Å²) >= 11 is 5.37. The molecule has 0 saturated heterocycles. The topological polar surface area (TPSA) is 62.3 Å². The Morgan fingerprint density at radius 2 is 2.38 bits per heavy atom. The number of carbonyl (C=O) groups is 1. The Labute approximate surface area is 81.5 Å². The number of H-pyrrole nitrogens is 1. The quantitative estimate of drug-likeness (QED) is 0.689. The Hall–Kier alpha value is -1.16. The minimum absolute atomic E-state index is 0.102. The van der Waals surface area contributed by atoms with Crippen LogP contribution in [0.4, 0.5) is 0 Å². The minimum atomic E-state index is -0.211. The lowest BCUT2D eigenvalue weighted by atomic mass is 10.6. The van der Waals surface area contributed by atoms with E-state index in [2.05, 4.69) is 9.72 Å². The van der Waals surface area contributed by atoms with Crippen molar-refractivity contribution < 1.29 is 14.6 Å². The van der Waals surface area contributed by atoms with Crippen molar-refractivity contribution >= 4 is 17.6 Å². The first-order chi connectivity index (χ1) is 6.06. The smallest absolute Gasteiger partial charge is 0.302 e. The second-order valence-corrected chi connectivity index (χ2v) is 2.56. The van der Waals surface area contributed by atoms with Crippen molar-refractivity contribution in [3.63, 3.8) is 0 Å². The Morgan fingerprint density at radius 1 is 1.77 bits per heavy atom. The molecule has 0 radical (unpaired) electrons. The molecular weight excluding hydrogens is 194 g/mol. The van der Waals surface area contributed by atoms with Gasteiger partial charge >= 0.3 is 5.97 Å². The maximum atomic E-state index is 9.82. The van der Waals surface area contributed by atoms with Crippen LogP contribution in [0.5, 0.6) is 5.88 Å². The van der Waals surface area contributed by atoms with Gasteiger partial charge in [-0.05, 0) is 6.92 Å². The summed E-state index contributed by atoms with van der Waals surface area (Å²) in [6.07, 6.45) is 1.51. The van der Waals surface area contributed by atoms with Crippen LogP contribution < -0.4 is 0 Å². The molecule has 0 fully saturated rings. The van der Waals surface area contributed by atoms with E-state index in [-0.39, 0.29) is 11.8 Å². The second-order valence-electron chi connectivity index (χ2n) is 2.13. The molecule has 0 bridgehead atoms. The van der Waals surface area contributed by atoms with Gasteiger partial charge in [-0.1, -0.05) is 11.6 Å². The van der Waals surface area contributed by atoms with Gasteiger partial charge in [0.2, 0.25) is 0 Å². The van der Waals surface area contributed by atoms with E-state index < -0.39 is 0 Å². The van der Waals surface area contributed by atoms with Crippen molar-refractivity contribution in [2.24, 2.45) is 0 Å². The number of rotatable bonds is 1. The van der Waals surface area contributed by atoms with Gasteiger partial charge in [0.25, 0.3) is 0 Å². The van der Waals surface area contributed by atoms with Crippen LogP contribution in [0, 0.1) is 0 Å². The molecule has 5 heteroatoms. The number of hydrogen-bond donors (Lipinski definition) is 2. The molecule has 0 aliphatic carbocycles. The molecule has 2 N–H and O–H groups in total. The number of aromatic nitrogens is 1. The van der Waals surface area contributed by atoms with E-state index in [4.69, 9.17) is 16.7 Å². The second kappa shape index (κ2) is 6.37. The summed E-state index contributed by atoms with van der Waals surface area (Å²) in [5, 5.41) is 9.04. The largest absolute Gasteiger partial charge is 0.495 e. The summed E-state index contributed by atoms with van der Waals surface area (Å²) in [4.78, 5) is 12.3. The lowest BCUT2D eigenvalue weighted by Gasteiger charge is -1.89. The zero-order valence-electron chi connectivity index (χ0n) is 7.50. The van der Waals surface area contributed by atoms with Gasteiger partial charge in [-0.15, -0.1) is 0 Å². The van der Waals surface area contributed by atoms with Crippen LogP contribution in [0.15, 0.2) is 12.3 Å². The molecule has 0 saturated carbocycles. The number of hydrogen-bond acceptors (Lipinski definition) is 3. The van der Waals surface area contributed by atoms with E-state index in [0.717, 1.165) is 0 Å². The highest BCUT2D eigenvalue weighted by atomic mass is 35.5. The molecule has 13 heavy (non-hydrogen) atoms. The number of carbonyl (C=O) groups excluding carboxylic acids is 1. The SMILES string of the molecule is CCOC(C)=O.Oc1cc(Cl)c[nH]1. The summed E-state index contributed by atoms with van der Waals surface area (Å²) in [6.45, 7) is 3.65.